The molecular weight excluding hydrogens is 328 g/mol. The third-order valence-electron chi connectivity index (χ3n) is 1.52. The Morgan fingerprint density at radius 2 is 2.13 bits per heavy atom. The summed E-state index contributed by atoms with van der Waals surface area (Å²) < 4.78 is 39.5. The SMILES string of the molecule is NCc1c(I)c(OC(F)(F)F)c[nH]c1=O. The predicted octanol–water partition coefficient (Wildman–Crippen LogP) is 1.34. The van der Waals surface area contributed by atoms with Crippen LogP contribution >= 0.6 is 22.6 Å². The van der Waals surface area contributed by atoms with Crippen molar-refractivity contribution in [1.29, 1.82) is 0 Å². The number of aromatic amines is 1. The highest BCUT2D eigenvalue weighted by molar-refractivity contribution is 14.1. The Hall–Kier alpha value is -0.770. The highest BCUT2D eigenvalue weighted by atomic mass is 127. The third kappa shape index (κ3) is 3.09. The van der Waals surface area contributed by atoms with Crippen LogP contribution < -0.4 is 16.0 Å². The van der Waals surface area contributed by atoms with E-state index in [0.29, 0.717) is 0 Å². The number of rotatable bonds is 2. The Kier molecular flexibility index (Phi) is 3.60. The van der Waals surface area contributed by atoms with Crippen LogP contribution in [0, 0.1) is 3.57 Å². The van der Waals surface area contributed by atoms with E-state index < -0.39 is 17.7 Å². The van der Waals surface area contributed by atoms with Gasteiger partial charge >= 0.3 is 6.36 Å². The molecule has 0 unspecified atom stereocenters. The summed E-state index contributed by atoms with van der Waals surface area (Å²) in [6, 6.07) is 0. The van der Waals surface area contributed by atoms with Crippen molar-refractivity contribution in [3.05, 3.63) is 25.7 Å². The van der Waals surface area contributed by atoms with Gasteiger partial charge in [-0.05, 0) is 22.6 Å². The summed E-state index contributed by atoms with van der Waals surface area (Å²) in [6.45, 7) is -0.150. The van der Waals surface area contributed by atoms with Crippen LogP contribution in [0.1, 0.15) is 5.56 Å². The number of alkyl halides is 3. The second-order valence-corrected chi connectivity index (χ2v) is 3.61. The van der Waals surface area contributed by atoms with Gasteiger partial charge in [-0.1, -0.05) is 0 Å². The average Bonchev–Trinajstić information content (AvgIpc) is 2.09. The number of hydrogen-bond acceptors (Lipinski definition) is 3. The normalized spacial score (nSPS) is 11.5. The van der Waals surface area contributed by atoms with Crippen molar-refractivity contribution >= 4 is 22.6 Å². The molecule has 8 heteroatoms. The van der Waals surface area contributed by atoms with E-state index in [9.17, 15) is 18.0 Å². The number of halogens is 4. The first-order chi connectivity index (χ1) is 6.85. The zero-order valence-electron chi connectivity index (χ0n) is 7.19. The van der Waals surface area contributed by atoms with Crippen molar-refractivity contribution in [2.75, 3.05) is 0 Å². The number of hydrogen-bond donors (Lipinski definition) is 2. The largest absolute Gasteiger partial charge is 0.573 e. The summed E-state index contributed by atoms with van der Waals surface area (Å²) in [5, 5.41) is 0. The molecule has 0 spiro atoms. The van der Waals surface area contributed by atoms with Gasteiger partial charge in [0, 0.05) is 18.3 Å². The van der Waals surface area contributed by atoms with Crippen LogP contribution in [0.5, 0.6) is 5.75 Å². The first kappa shape index (κ1) is 12.3. The molecular formula is C7H6F3IN2O2. The molecule has 1 rings (SSSR count). The van der Waals surface area contributed by atoms with Crippen molar-refractivity contribution in [2.24, 2.45) is 5.73 Å². The fourth-order valence-electron chi connectivity index (χ4n) is 0.911. The van der Waals surface area contributed by atoms with Crippen molar-refractivity contribution in [3.8, 4) is 5.75 Å². The topological polar surface area (TPSA) is 68.1 Å². The molecule has 3 N–H and O–H groups in total. The molecule has 0 bridgehead atoms. The second-order valence-electron chi connectivity index (χ2n) is 2.53. The first-order valence-corrected chi connectivity index (χ1v) is 4.79. The molecule has 0 fully saturated rings. The fourth-order valence-corrected chi connectivity index (χ4v) is 1.64. The van der Waals surface area contributed by atoms with E-state index in [-0.39, 0.29) is 15.7 Å². The van der Waals surface area contributed by atoms with Crippen LogP contribution in [-0.4, -0.2) is 11.3 Å². The van der Waals surface area contributed by atoms with Crippen molar-refractivity contribution < 1.29 is 17.9 Å². The molecule has 84 valence electrons. The lowest BCUT2D eigenvalue weighted by Crippen LogP contribution is -2.22. The summed E-state index contributed by atoms with van der Waals surface area (Å²) in [6.07, 6.45) is -3.93. The highest BCUT2D eigenvalue weighted by Gasteiger charge is 2.32. The lowest BCUT2D eigenvalue weighted by atomic mass is 10.3. The fraction of sp³-hybridized carbons (Fsp3) is 0.286. The Morgan fingerprint density at radius 3 is 2.60 bits per heavy atom. The maximum Gasteiger partial charge on any atom is 0.573 e. The molecule has 1 aromatic rings. The average molecular weight is 334 g/mol. The van der Waals surface area contributed by atoms with Crippen LogP contribution in [0.15, 0.2) is 11.0 Å². The Bertz CT molecular complexity index is 416. The van der Waals surface area contributed by atoms with Crippen LogP contribution in [-0.2, 0) is 6.54 Å². The molecule has 0 amide bonds. The van der Waals surface area contributed by atoms with Gasteiger partial charge in [-0.3, -0.25) is 4.79 Å². The summed E-state index contributed by atoms with van der Waals surface area (Å²) >= 11 is 1.58. The molecule has 0 aliphatic rings. The Labute approximate surface area is 95.8 Å². The minimum atomic E-state index is -4.79. The summed E-state index contributed by atoms with van der Waals surface area (Å²) in [4.78, 5) is 13.2. The van der Waals surface area contributed by atoms with E-state index in [0.717, 1.165) is 6.20 Å². The minimum Gasteiger partial charge on any atom is -0.403 e. The predicted molar refractivity (Wildman–Crippen MR) is 54.4 cm³/mol. The van der Waals surface area contributed by atoms with Crippen LogP contribution in [0.4, 0.5) is 13.2 Å². The van der Waals surface area contributed by atoms with Crippen LogP contribution in [0.3, 0.4) is 0 Å². The number of pyridine rings is 1. The van der Waals surface area contributed by atoms with Gasteiger partial charge in [0.15, 0.2) is 5.75 Å². The van der Waals surface area contributed by atoms with E-state index in [2.05, 4.69) is 9.72 Å². The molecule has 0 saturated heterocycles. The third-order valence-corrected chi connectivity index (χ3v) is 2.70. The Morgan fingerprint density at radius 1 is 1.53 bits per heavy atom. The van der Waals surface area contributed by atoms with Gasteiger partial charge in [-0.15, -0.1) is 13.2 Å². The highest BCUT2D eigenvalue weighted by Crippen LogP contribution is 2.27. The monoisotopic (exact) mass is 334 g/mol. The molecule has 1 aromatic heterocycles. The van der Waals surface area contributed by atoms with Crippen molar-refractivity contribution in [3.63, 3.8) is 0 Å². The smallest absolute Gasteiger partial charge is 0.403 e. The van der Waals surface area contributed by atoms with Crippen molar-refractivity contribution in [1.82, 2.24) is 4.98 Å². The van der Waals surface area contributed by atoms with Crippen molar-refractivity contribution in [2.45, 2.75) is 12.9 Å². The molecule has 4 nitrogen and oxygen atoms in total. The first-order valence-electron chi connectivity index (χ1n) is 3.71. The molecule has 0 atom stereocenters. The molecule has 0 aromatic carbocycles. The van der Waals surface area contributed by atoms with Gasteiger partial charge in [0.25, 0.3) is 5.56 Å². The zero-order chi connectivity index (χ0) is 11.6. The number of nitrogens with one attached hydrogen (secondary N) is 1. The van der Waals surface area contributed by atoms with Gasteiger partial charge in [0.1, 0.15) is 0 Å². The van der Waals surface area contributed by atoms with E-state index in [1.165, 1.54) is 0 Å². The molecule has 1 heterocycles. The number of aromatic nitrogens is 1. The van der Waals surface area contributed by atoms with Gasteiger partial charge < -0.3 is 15.5 Å². The van der Waals surface area contributed by atoms with E-state index >= 15 is 0 Å². The van der Waals surface area contributed by atoms with Gasteiger partial charge in [0.05, 0.1) is 3.57 Å². The quantitative estimate of drug-likeness (QED) is 0.802. The molecule has 15 heavy (non-hydrogen) atoms. The Balaban J connectivity index is 3.17. The minimum absolute atomic E-state index is 0.0659. The molecule has 0 aliphatic heterocycles. The summed E-state index contributed by atoms with van der Waals surface area (Å²) in [5.41, 5.74) is 4.77. The summed E-state index contributed by atoms with van der Waals surface area (Å²) in [7, 11) is 0. The van der Waals surface area contributed by atoms with E-state index in [1.807, 2.05) is 0 Å². The number of H-pyrrole nitrogens is 1. The summed E-state index contributed by atoms with van der Waals surface area (Å²) in [5.74, 6) is -0.455. The molecule has 0 saturated carbocycles. The van der Waals surface area contributed by atoms with Gasteiger partial charge in [-0.25, -0.2) is 0 Å². The van der Waals surface area contributed by atoms with Crippen LogP contribution in [0.25, 0.3) is 0 Å². The van der Waals surface area contributed by atoms with Gasteiger partial charge in [-0.2, -0.15) is 0 Å². The van der Waals surface area contributed by atoms with E-state index in [1.54, 1.807) is 22.6 Å². The lowest BCUT2D eigenvalue weighted by Gasteiger charge is -2.11. The molecule has 0 radical (unpaired) electrons. The van der Waals surface area contributed by atoms with E-state index in [4.69, 9.17) is 5.73 Å². The lowest BCUT2D eigenvalue weighted by molar-refractivity contribution is -0.275. The second kappa shape index (κ2) is 4.39. The number of ether oxygens (including phenoxy) is 1. The number of nitrogens with two attached hydrogens (primary N) is 1. The van der Waals surface area contributed by atoms with Gasteiger partial charge in [0.2, 0.25) is 0 Å². The van der Waals surface area contributed by atoms with Crippen LogP contribution in [0.2, 0.25) is 0 Å². The maximum atomic E-state index is 11.9. The zero-order valence-corrected chi connectivity index (χ0v) is 9.35. The standard InChI is InChI=1S/C7H6F3IN2O2/c8-7(9,10)15-4-2-13-6(14)3(1-12)5(4)11/h2H,1,12H2,(H,13,14). The maximum absolute atomic E-state index is 11.9. The molecule has 0 aliphatic carbocycles.